The first-order chi connectivity index (χ1) is 15.2. The smallest absolute Gasteiger partial charge is 0.248 e. The molecule has 3 aliphatic rings. The Morgan fingerprint density at radius 2 is 1.94 bits per heavy atom. The Balaban J connectivity index is 1.40. The quantitative estimate of drug-likeness (QED) is 0.654. The van der Waals surface area contributed by atoms with Crippen molar-refractivity contribution < 1.29 is 23.1 Å². The van der Waals surface area contributed by atoms with Crippen LogP contribution >= 0.6 is 0 Å². The molecule has 1 N–H and O–H groups in total. The van der Waals surface area contributed by atoms with Crippen molar-refractivity contribution in [3.05, 3.63) is 12.4 Å². The SMILES string of the molecule is CN(C)C(=O)COC[C@@H]1C[C@H](n2cc(NC(=O)C3CC3)cn2)CN1C1CCC(F)(F)CC1. The molecule has 2 amide bonds. The van der Waals surface area contributed by atoms with Gasteiger partial charge >= 0.3 is 0 Å². The predicted octanol–water partition coefficient (Wildman–Crippen LogP) is 2.53. The van der Waals surface area contributed by atoms with E-state index in [2.05, 4.69) is 15.3 Å². The molecule has 2 atom stereocenters. The van der Waals surface area contributed by atoms with E-state index in [0.717, 1.165) is 19.3 Å². The monoisotopic (exact) mass is 453 g/mol. The number of anilines is 1. The van der Waals surface area contributed by atoms with E-state index < -0.39 is 5.92 Å². The summed E-state index contributed by atoms with van der Waals surface area (Å²) in [6, 6.07) is 0.157. The molecule has 1 aromatic heterocycles. The van der Waals surface area contributed by atoms with Crippen molar-refractivity contribution in [3.63, 3.8) is 0 Å². The van der Waals surface area contributed by atoms with Gasteiger partial charge in [-0.25, -0.2) is 8.78 Å². The summed E-state index contributed by atoms with van der Waals surface area (Å²) in [5.41, 5.74) is 0.682. The maximum Gasteiger partial charge on any atom is 0.248 e. The van der Waals surface area contributed by atoms with Gasteiger partial charge in [-0.1, -0.05) is 0 Å². The topological polar surface area (TPSA) is 79.7 Å². The maximum absolute atomic E-state index is 13.7. The van der Waals surface area contributed by atoms with Crippen LogP contribution in [0, 0.1) is 5.92 Å². The molecule has 0 aromatic carbocycles. The number of likely N-dealkylation sites (tertiary alicyclic amines) is 1. The molecule has 2 saturated carbocycles. The van der Waals surface area contributed by atoms with E-state index in [4.69, 9.17) is 4.74 Å². The minimum absolute atomic E-state index is 0.00383. The number of rotatable bonds is 8. The Bertz CT molecular complexity index is 816. The standard InChI is InChI=1S/C22H33F2N5O3/c1-27(2)20(30)14-32-13-19-9-18(12-28(19)17-5-7-22(23,24)8-6-17)29-11-16(10-25-29)26-21(31)15-3-4-15/h10-11,15,17-19H,3-9,12-14H2,1-2H3,(H,26,31)/t18-,19-/m0/s1. The Hall–Kier alpha value is -2.07. The van der Waals surface area contributed by atoms with Crippen molar-refractivity contribution >= 4 is 17.5 Å². The van der Waals surface area contributed by atoms with Crippen LogP contribution < -0.4 is 5.32 Å². The van der Waals surface area contributed by atoms with Gasteiger partial charge in [-0.15, -0.1) is 0 Å². The molecule has 0 unspecified atom stereocenters. The fourth-order valence-corrected chi connectivity index (χ4v) is 4.68. The Morgan fingerprint density at radius 3 is 2.59 bits per heavy atom. The molecule has 8 nitrogen and oxygen atoms in total. The minimum Gasteiger partial charge on any atom is -0.370 e. The van der Waals surface area contributed by atoms with Crippen molar-refractivity contribution in [1.82, 2.24) is 19.6 Å². The first kappa shape index (κ1) is 23.1. The summed E-state index contributed by atoms with van der Waals surface area (Å²) < 4.78 is 35.0. The first-order valence-corrected chi connectivity index (χ1v) is 11.5. The van der Waals surface area contributed by atoms with Gasteiger partial charge in [0.1, 0.15) is 6.61 Å². The van der Waals surface area contributed by atoms with Gasteiger partial charge in [-0.05, 0) is 32.1 Å². The molecule has 178 valence electrons. The molecule has 1 saturated heterocycles. The number of aromatic nitrogens is 2. The van der Waals surface area contributed by atoms with Crippen LogP contribution in [-0.2, 0) is 14.3 Å². The lowest BCUT2D eigenvalue weighted by molar-refractivity contribution is -0.134. The predicted molar refractivity (Wildman–Crippen MR) is 114 cm³/mol. The maximum atomic E-state index is 13.7. The lowest BCUT2D eigenvalue weighted by Gasteiger charge is -2.37. The van der Waals surface area contributed by atoms with Crippen molar-refractivity contribution in [3.8, 4) is 0 Å². The Kier molecular flexibility index (Phi) is 6.80. The number of alkyl halides is 2. The van der Waals surface area contributed by atoms with E-state index in [1.807, 2.05) is 10.9 Å². The van der Waals surface area contributed by atoms with E-state index in [0.29, 0.717) is 31.7 Å². The zero-order valence-corrected chi connectivity index (χ0v) is 18.8. The van der Waals surface area contributed by atoms with Gasteiger partial charge in [0, 0.05) is 57.7 Å². The molecule has 0 radical (unpaired) electrons. The number of amides is 2. The second-order valence-corrected chi connectivity index (χ2v) is 9.60. The molecule has 1 aromatic rings. The van der Waals surface area contributed by atoms with Gasteiger partial charge in [-0.2, -0.15) is 5.10 Å². The third kappa shape index (κ3) is 5.64. The largest absolute Gasteiger partial charge is 0.370 e. The normalized spacial score (nSPS) is 26.2. The van der Waals surface area contributed by atoms with Crippen LogP contribution in [0.1, 0.15) is 51.0 Å². The van der Waals surface area contributed by atoms with Crippen LogP contribution in [0.25, 0.3) is 0 Å². The average molecular weight is 454 g/mol. The third-order valence-corrected chi connectivity index (χ3v) is 6.82. The molecular formula is C22H33F2N5O3. The summed E-state index contributed by atoms with van der Waals surface area (Å²) in [4.78, 5) is 27.6. The Morgan fingerprint density at radius 1 is 1.22 bits per heavy atom. The number of nitrogens with one attached hydrogen (secondary N) is 1. The van der Waals surface area contributed by atoms with Crippen LogP contribution in [-0.4, -0.2) is 83.3 Å². The summed E-state index contributed by atoms with van der Waals surface area (Å²) in [5, 5.41) is 7.37. The zero-order valence-electron chi connectivity index (χ0n) is 18.8. The van der Waals surface area contributed by atoms with Gasteiger partial charge < -0.3 is 15.0 Å². The van der Waals surface area contributed by atoms with E-state index in [1.54, 1.807) is 20.3 Å². The zero-order chi connectivity index (χ0) is 22.9. The third-order valence-electron chi connectivity index (χ3n) is 6.82. The summed E-state index contributed by atoms with van der Waals surface area (Å²) in [6.07, 6.45) is 6.85. The van der Waals surface area contributed by atoms with Gasteiger partial charge in [0.25, 0.3) is 0 Å². The number of ether oxygens (including phenoxy) is 1. The van der Waals surface area contributed by atoms with Gasteiger partial charge in [0.2, 0.25) is 17.7 Å². The lowest BCUT2D eigenvalue weighted by atomic mass is 9.91. The highest BCUT2D eigenvalue weighted by molar-refractivity contribution is 5.93. The number of carbonyl (C=O) groups is 2. The van der Waals surface area contributed by atoms with Crippen molar-refractivity contribution in [2.75, 3.05) is 39.2 Å². The molecule has 0 bridgehead atoms. The highest BCUT2D eigenvalue weighted by Gasteiger charge is 2.43. The second kappa shape index (κ2) is 9.43. The van der Waals surface area contributed by atoms with E-state index in [-0.39, 0.29) is 55.3 Å². The average Bonchev–Trinajstić information content (AvgIpc) is 3.36. The Labute approximate surface area is 187 Å². The van der Waals surface area contributed by atoms with Crippen molar-refractivity contribution in [1.29, 1.82) is 0 Å². The minimum atomic E-state index is -2.57. The number of halogens is 2. The summed E-state index contributed by atoms with van der Waals surface area (Å²) in [6.45, 7) is 1.06. The number of hydrogen-bond donors (Lipinski definition) is 1. The van der Waals surface area contributed by atoms with Gasteiger partial charge in [0.15, 0.2) is 0 Å². The van der Waals surface area contributed by atoms with Crippen molar-refractivity contribution in [2.45, 2.75) is 69.0 Å². The highest BCUT2D eigenvalue weighted by Crippen LogP contribution is 2.39. The number of nitrogens with zero attached hydrogens (tertiary/aromatic N) is 4. The molecule has 10 heteroatoms. The van der Waals surface area contributed by atoms with Gasteiger partial charge in [-0.3, -0.25) is 19.2 Å². The van der Waals surface area contributed by atoms with Crippen LogP contribution in [0.15, 0.2) is 12.4 Å². The van der Waals surface area contributed by atoms with Crippen molar-refractivity contribution in [2.24, 2.45) is 5.92 Å². The molecule has 1 aliphatic heterocycles. The summed E-state index contributed by atoms with van der Waals surface area (Å²) in [7, 11) is 3.37. The fourth-order valence-electron chi connectivity index (χ4n) is 4.68. The van der Waals surface area contributed by atoms with Crippen LogP contribution in [0.4, 0.5) is 14.5 Å². The molecular weight excluding hydrogens is 420 g/mol. The van der Waals surface area contributed by atoms with Crippen LogP contribution in [0.2, 0.25) is 0 Å². The molecule has 2 heterocycles. The fraction of sp³-hybridized carbons (Fsp3) is 0.773. The lowest BCUT2D eigenvalue weighted by Crippen LogP contribution is -2.45. The molecule has 0 spiro atoms. The van der Waals surface area contributed by atoms with Gasteiger partial charge in [0.05, 0.1) is 24.5 Å². The number of carbonyl (C=O) groups excluding carboxylic acids is 2. The van der Waals surface area contributed by atoms with Crippen LogP contribution in [0.3, 0.4) is 0 Å². The molecule has 3 fully saturated rings. The molecule has 2 aliphatic carbocycles. The summed E-state index contributed by atoms with van der Waals surface area (Å²) in [5.74, 6) is -2.52. The number of likely N-dealkylation sites (N-methyl/N-ethyl adjacent to an activating group) is 1. The van der Waals surface area contributed by atoms with E-state index >= 15 is 0 Å². The highest BCUT2D eigenvalue weighted by atomic mass is 19.3. The molecule has 4 rings (SSSR count). The second-order valence-electron chi connectivity index (χ2n) is 9.60. The van der Waals surface area contributed by atoms with E-state index in [1.165, 1.54) is 4.90 Å². The summed E-state index contributed by atoms with van der Waals surface area (Å²) >= 11 is 0. The van der Waals surface area contributed by atoms with Crippen LogP contribution in [0.5, 0.6) is 0 Å². The van der Waals surface area contributed by atoms with E-state index in [9.17, 15) is 18.4 Å². The number of hydrogen-bond acceptors (Lipinski definition) is 5. The first-order valence-electron chi connectivity index (χ1n) is 11.5. The molecule has 32 heavy (non-hydrogen) atoms.